The van der Waals surface area contributed by atoms with Gasteiger partial charge in [-0.15, -0.1) is 0 Å². The number of hydrogen-bond donors (Lipinski definition) is 0. The van der Waals surface area contributed by atoms with E-state index in [-0.39, 0.29) is 10.7 Å². The fourth-order valence-electron chi connectivity index (χ4n) is 1.83. The molecule has 4 nitrogen and oxygen atoms in total. The number of benzene rings is 1. The Kier molecular flexibility index (Phi) is 3.48. The molecule has 0 N–H and O–H groups in total. The fraction of sp³-hybridized carbons (Fsp3) is 0.143. The Morgan fingerprint density at radius 2 is 1.47 bits per heavy atom. The molecule has 1 aliphatic carbocycles. The summed E-state index contributed by atoms with van der Waals surface area (Å²) in [5.74, 6) is -0.147. The van der Waals surface area contributed by atoms with Gasteiger partial charge in [-0.1, -0.05) is 18.2 Å². The van der Waals surface area contributed by atoms with Crippen LogP contribution in [-0.2, 0) is 14.8 Å². The van der Waals surface area contributed by atoms with Gasteiger partial charge >= 0.3 is 0 Å². The molecule has 0 bridgehead atoms. The molecule has 0 atom stereocenters. The van der Waals surface area contributed by atoms with Crippen LogP contribution in [0.25, 0.3) is 0 Å². The first-order valence-electron chi connectivity index (χ1n) is 5.71. The Bertz CT molecular complexity index is 686. The van der Waals surface area contributed by atoms with Crippen LogP contribution in [0.4, 0.5) is 0 Å². The molecule has 0 amide bonds. The van der Waals surface area contributed by atoms with Crippen molar-refractivity contribution < 1.29 is 13.2 Å². The molecule has 19 heavy (non-hydrogen) atoms. The van der Waals surface area contributed by atoms with Crippen molar-refractivity contribution in [2.75, 3.05) is 0 Å². The zero-order valence-electron chi connectivity index (χ0n) is 10.6. The molecule has 0 spiro atoms. The number of hydrogen-bond acceptors (Lipinski definition) is 3. The van der Waals surface area contributed by atoms with Crippen molar-refractivity contribution in [2.24, 2.45) is 4.40 Å². The molecule has 0 radical (unpaired) electrons. The third kappa shape index (κ3) is 2.88. The lowest BCUT2D eigenvalue weighted by Gasteiger charge is -2.11. The van der Waals surface area contributed by atoms with Gasteiger partial charge < -0.3 is 0 Å². The Morgan fingerprint density at radius 1 is 0.947 bits per heavy atom. The molecule has 5 heteroatoms. The Morgan fingerprint density at radius 3 is 2.00 bits per heavy atom. The van der Waals surface area contributed by atoms with Crippen molar-refractivity contribution in [1.29, 1.82) is 0 Å². The maximum atomic E-state index is 12.1. The number of carbonyl (C=O) groups excluding carboxylic acids is 1. The molecule has 0 unspecified atom stereocenters. The predicted molar refractivity (Wildman–Crippen MR) is 73.6 cm³/mol. The summed E-state index contributed by atoms with van der Waals surface area (Å²) < 4.78 is 28.1. The van der Waals surface area contributed by atoms with Crippen molar-refractivity contribution in [3.63, 3.8) is 0 Å². The highest BCUT2D eigenvalue weighted by Gasteiger charge is 2.19. The molecular formula is C14H13NO3S. The van der Waals surface area contributed by atoms with Crippen molar-refractivity contribution >= 4 is 21.5 Å². The average Bonchev–Trinajstić information content (AvgIpc) is 2.35. The molecule has 0 aromatic heterocycles. The molecule has 2 rings (SSSR count). The summed E-state index contributed by atoms with van der Waals surface area (Å²) in [6.45, 7) is 3.35. The first-order valence-corrected chi connectivity index (χ1v) is 7.15. The molecule has 98 valence electrons. The van der Waals surface area contributed by atoms with Crippen molar-refractivity contribution in [3.05, 3.63) is 53.6 Å². The highest BCUT2D eigenvalue weighted by Crippen LogP contribution is 2.18. The lowest BCUT2D eigenvalue weighted by Crippen LogP contribution is -2.13. The molecule has 0 heterocycles. The molecule has 0 fully saturated rings. The lowest BCUT2D eigenvalue weighted by molar-refractivity contribution is -0.110. The maximum absolute atomic E-state index is 12.1. The maximum Gasteiger partial charge on any atom is 0.282 e. The third-order valence-electron chi connectivity index (χ3n) is 2.72. The smallest absolute Gasteiger partial charge is 0.282 e. The summed E-state index contributed by atoms with van der Waals surface area (Å²) in [6, 6.07) is 8.00. The molecular weight excluding hydrogens is 262 g/mol. The van der Waals surface area contributed by atoms with E-state index in [0.29, 0.717) is 16.9 Å². The summed E-state index contributed by atoms with van der Waals surface area (Å²) in [5, 5.41) is 0. The lowest BCUT2D eigenvalue weighted by atomic mass is 9.98. The van der Waals surface area contributed by atoms with Gasteiger partial charge in [0.25, 0.3) is 10.0 Å². The highest BCUT2D eigenvalue weighted by molar-refractivity contribution is 7.90. The van der Waals surface area contributed by atoms with E-state index >= 15 is 0 Å². The second-order valence-electron chi connectivity index (χ2n) is 4.29. The van der Waals surface area contributed by atoms with Crippen LogP contribution >= 0.6 is 0 Å². The Labute approximate surface area is 112 Å². The number of carbonyl (C=O) groups is 1. The normalized spacial score (nSPS) is 15.9. The van der Waals surface area contributed by atoms with Crippen LogP contribution in [-0.4, -0.2) is 19.9 Å². The van der Waals surface area contributed by atoms with Crippen LogP contribution in [0.5, 0.6) is 0 Å². The van der Waals surface area contributed by atoms with Crippen LogP contribution in [0, 0.1) is 0 Å². The van der Waals surface area contributed by atoms with Gasteiger partial charge in [-0.2, -0.15) is 12.8 Å². The SMILES string of the molecule is CC1=CC(=O)C=C(C)C1=NS(=O)(=O)c1ccccc1. The predicted octanol–water partition coefficient (Wildman–Crippen LogP) is 2.29. The van der Waals surface area contributed by atoms with Gasteiger partial charge in [0.05, 0.1) is 10.6 Å². The van der Waals surface area contributed by atoms with Gasteiger partial charge in [0, 0.05) is 0 Å². The fourth-order valence-corrected chi connectivity index (χ4v) is 2.96. The second-order valence-corrected chi connectivity index (χ2v) is 5.89. The highest BCUT2D eigenvalue weighted by atomic mass is 32.2. The minimum atomic E-state index is -3.75. The summed E-state index contributed by atoms with van der Waals surface area (Å²) in [5.41, 5.74) is 1.46. The van der Waals surface area contributed by atoms with Gasteiger partial charge in [0.2, 0.25) is 0 Å². The summed E-state index contributed by atoms with van der Waals surface area (Å²) in [4.78, 5) is 11.4. The number of allylic oxidation sites excluding steroid dienone is 4. The number of sulfonamides is 1. The minimum Gasteiger partial charge on any atom is -0.290 e. The van der Waals surface area contributed by atoms with Gasteiger partial charge in [0.1, 0.15) is 0 Å². The number of ketones is 1. The first-order chi connectivity index (χ1) is 8.90. The standard InChI is InChI=1S/C14H13NO3S/c1-10-8-12(16)9-11(2)14(10)15-19(17,18)13-6-4-3-5-7-13/h3-9H,1-2H3. The molecule has 0 saturated heterocycles. The van der Waals surface area contributed by atoms with E-state index in [1.807, 2.05) is 0 Å². The molecule has 0 aliphatic heterocycles. The topological polar surface area (TPSA) is 63.6 Å². The zero-order chi connectivity index (χ0) is 14.0. The van der Waals surface area contributed by atoms with Gasteiger partial charge in [-0.25, -0.2) is 0 Å². The second kappa shape index (κ2) is 4.93. The summed E-state index contributed by atoms with van der Waals surface area (Å²) in [7, 11) is -3.75. The number of nitrogens with zero attached hydrogens (tertiary/aromatic N) is 1. The Balaban J connectivity index is 2.50. The monoisotopic (exact) mass is 275 g/mol. The molecule has 0 saturated carbocycles. The van der Waals surface area contributed by atoms with E-state index in [0.717, 1.165) is 0 Å². The summed E-state index contributed by atoms with van der Waals surface area (Å²) in [6.07, 6.45) is 2.76. The van der Waals surface area contributed by atoms with Crippen LogP contribution in [0.1, 0.15) is 13.8 Å². The van der Waals surface area contributed by atoms with E-state index in [4.69, 9.17) is 0 Å². The van der Waals surface area contributed by atoms with Crippen LogP contribution in [0.3, 0.4) is 0 Å². The number of rotatable bonds is 2. The first kappa shape index (κ1) is 13.4. The minimum absolute atomic E-state index is 0.139. The molecule has 1 aliphatic rings. The van der Waals surface area contributed by atoms with E-state index in [2.05, 4.69) is 4.40 Å². The van der Waals surface area contributed by atoms with Gasteiger partial charge in [-0.05, 0) is 49.3 Å². The van der Waals surface area contributed by atoms with Crippen molar-refractivity contribution in [3.8, 4) is 0 Å². The Hall–Kier alpha value is -2.01. The molecule has 1 aromatic carbocycles. The van der Waals surface area contributed by atoms with Gasteiger partial charge in [0.15, 0.2) is 5.78 Å². The quantitative estimate of drug-likeness (QED) is 0.778. The van der Waals surface area contributed by atoms with E-state index in [1.165, 1.54) is 24.3 Å². The molecule has 1 aromatic rings. The van der Waals surface area contributed by atoms with E-state index in [9.17, 15) is 13.2 Å². The summed E-state index contributed by atoms with van der Waals surface area (Å²) >= 11 is 0. The third-order valence-corrected chi connectivity index (χ3v) is 4.01. The van der Waals surface area contributed by atoms with E-state index < -0.39 is 10.0 Å². The average molecular weight is 275 g/mol. The van der Waals surface area contributed by atoms with Gasteiger partial charge in [-0.3, -0.25) is 4.79 Å². The van der Waals surface area contributed by atoms with Crippen molar-refractivity contribution in [1.82, 2.24) is 0 Å². The van der Waals surface area contributed by atoms with E-state index in [1.54, 1.807) is 32.0 Å². The van der Waals surface area contributed by atoms with Crippen LogP contribution in [0.15, 0.2) is 62.9 Å². The van der Waals surface area contributed by atoms with Crippen LogP contribution in [0.2, 0.25) is 0 Å². The largest absolute Gasteiger partial charge is 0.290 e. The van der Waals surface area contributed by atoms with Crippen LogP contribution < -0.4 is 0 Å². The zero-order valence-corrected chi connectivity index (χ0v) is 11.4. The van der Waals surface area contributed by atoms with Crippen molar-refractivity contribution in [2.45, 2.75) is 18.7 Å².